The Morgan fingerprint density at radius 2 is 1.92 bits per heavy atom. The molecule has 2 aliphatic heterocycles. The van der Waals surface area contributed by atoms with Gasteiger partial charge in [0, 0.05) is 62.4 Å². The molecule has 3 aliphatic rings. The number of aliphatic hydroxyl groups is 1. The summed E-state index contributed by atoms with van der Waals surface area (Å²) < 4.78 is 0. The summed E-state index contributed by atoms with van der Waals surface area (Å²) in [4.78, 5) is 36.8. The molecule has 3 heterocycles. The minimum Gasteiger partial charge on any atom is -0.396 e. The molecule has 1 N–H and O–H groups in total. The Bertz CT molecular complexity index is 700. The van der Waals surface area contributed by atoms with E-state index in [4.69, 9.17) is 0 Å². The summed E-state index contributed by atoms with van der Waals surface area (Å²) in [5, 5.41) is 9.80. The second-order valence-electron chi connectivity index (χ2n) is 8.46. The van der Waals surface area contributed by atoms with Crippen molar-refractivity contribution in [1.29, 1.82) is 0 Å². The van der Waals surface area contributed by atoms with Gasteiger partial charge in [0.25, 0.3) is 5.91 Å². The molecule has 2 saturated heterocycles. The van der Waals surface area contributed by atoms with E-state index < -0.39 is 0 Å². The van der Waals surface area contributed by atoms with E-state index in [1.54, 1.807) is 4.90 Å². The summed E-state index contributed by atoms with van der Waals surface area (Å²) in [6, 6.07) is 0. The van der Waals surface area contributed by atoms with E-state index in [-0.39, 0.29) is 41.1 Å². The summed E-state index contributed by atoms with van der Waals surface area (Å²) >= 11 is 0. The maximum atomic E-state index is 12.6. The zero-order valence-electron chi connectivity index (χ0n) is 14.7. The lowest BCUT2D eigenvalue weighted by Gasteiger charge is -2.50. The molecule has 1 saturated carbocycles. The third-order valence-corrected chi connectivity index (χ3v) is 6.24. The van der Waals surface area contributed by atoms with Crippen molar-refractivity contribution in [3.63, 3.8) is 0 Å². The van der Waals surface area contributed by atoms with E-state index >= 15 is 0 Å². The van der Waals surface area contributed by atoms with E-state index in [0.29, 0.717) is 31.9 Å². The lowest BCUT2D eigenvalue weighted by Crippen LogP contribution is -2.63. The zero-order valence-corrected chi connectivity index (χ0v) is 14.7. The van der Waals surface area contributed by atoms with Gasteiger partial charge in [0.15, 0.2) is 0 Å². The molecule has 1 aromatic heterocycles. The predicted octanol–water partition coefficient (Wildman–Crippen LogP) is 0.416. The molecule has 2 amide bonds. The molecule has 3 fully saturated rings. The lowest BCUT2D eigenvalue weighted by molar-refractivity contribution is -0.148. The van der Waals surface area contributed by atoms with Crippen LogP contribution < -0.4 is 0 Å². The van der Waals surface area contributed by atoms with Crippen molar-refractivity contribution in [2.24, 2.45) is 22.7 Å². The van der Waals surface area contributed by atoms with Crippen LogP contribution in [-0.4, -0.2) is 69.5 Å². The molecule has 0 unspecified atom stereocenters. The Balaban J connectivity index is 1.43. The Morgan fingerprint density at radius 3 is 2.48 bits per heavy atom. The topological polar surface area (TPSA) is 86.6 Å². The molecule has 0 aromatic carbocycles. The van der Waals surface area contributed by atoms with Gasteiger partial charge < -0.3 is 14.9 Å². The molecule has 7 heteroatoms. The summed E-state index contributed by atoms with van der Waals surface area (Å²) in [6.07, 6.45) is 5.46. The minimum absolute atomic E-state index is 0.00406. The maximum Gasteiger partial charge on any atom is 0.274 e. The monoisotopic (exact) mass is 344 g/mol. The first-order valence-corrected chi connectivity index (χ1v) is 8.81. The summed E-state index contributed by atoms with van der Waals surface area (Å²) in [5.41, 5.74) is 0.268. The quantitative estimate of drug-likeness (QED) is 0.858. The standard InChI is InChI=1S/C18H24N4O3/c1-17(2)5-13(17)15(24)22-10-18(11-22)9-21(7-12(18)8-23)16(25)14-6-19-3-4-20-14/h3-4,6,12-13,23H,5,7-11H2,1-2H3/t12-,13+/m0/s1. The predicted molar refractivity (Wildman–Crippen MR) is 89.4 cm³/mol. The third kappa shape index (κ3) is 2.61. The van der Waals surface area contributed by atoms with Crippen molar-refractivity contribution in [2.75, 3.05) is 32.8 Å². The van der Waals surface area contributed by atoms with Gasteiger partial charge in [-0.2, -0.15) is 0 Å². The molecular formula is C18H24N4O3. The van der Waals surface area contributed by atoms with Crippen LogP contribution in [0.3, 0.4) is 0 Å². The van der Waals surface area contributed by atoms with Gasteiger partial charge >= 0.3 is 0 Å². The van der Waals surface area contributed by atoms with Gasteiger partial charge in [-0.3, -0.25) is 14.6 Å². The molecule has 4 rings (SSSR count). The van der Waals surface area contributed by atoms with Crippen LogP contribution in [0.2, 0.25) is 0 Å². The fourth-order valence-electron chi connectivity index (χ4n) is 4.35. The molecule has 25 heavy (non-hydrogen) atoms. The van der Waals surface area contributed by atoms with E-state index in [0.717, 1.165) is 6.42 Å². The first-order valence-electron chi connectivity index (χ1n) is 8.81. The first kappa shape index (κ1) is 16.4. The number of carbonyl (C=O) groups is 2. The smallest absolute Gasteiger partial charge is 0.274 e. The highest BCUT2D eigenvalue weighted by atomic mass is 16.3. The highest BCUT2D eigenvalue weighted by Crippen LogP contribution is 2.54. The highest BCUT2D eigenvalue weighted by molar-refractivity contribution is 5.92. The van der Waals surface area contributed by atoms with Gasteiger partial charge in [-0.05, 0) is 11.8 Å². The molecule has 2 atom stereocenters. The van der Waals surface area contributed by atoms with Crippen molar-refractivity contribution in [1.82, 2.24) is 19.8 Å². The first-order chi connectivity index (χ1) is 11.9. The van der Waals surface area contributed by atoms with Crippen LogP contribution in [0.1, 0.15) is 30.8 Å². The molecule has 134 valence electrons. The maximum absolute atomic E-state index is 12.6. The van der Waals surface area contributed by atoms with Crippen molar-refractivity contribution in [3.05, 3.63) is 24.3 Å². The minimum atomic E-state index is -0.179. The van der Waals surface area contributed by atoms with Gasteiger partial charge in [0.1, 0.15) is 5.69 Å². The number of hydrogen-bond donors (Lipinski definition) is 1. The largest absolute Gasteiger partial charge is 0.396 e. The van der Waals surface area contributed by atoms with Gasteiger partial charge in [-0.25, -0.2) is 4.98 Å². The normalized spacial score (nSPS) is 28.8. The molecular weight excluding hydrogens is 320 g/mol. The van der Waals surface area contributed by atoms with Crippen LogP contribution in [0, 0.1) is 22.7 Å². The van der Waals surface area contributed by atoms with Gasteiger partial charge in [0.05, 0.1) is 6.20 Å². The summed E-state index contributed by atoms with van der Waals surface area (Å²) in [5.74, 6) is 0.211. The van der Waals surface area contributed by atoms with Crippen molar-refractivity contribution >= 4 is 11.8 Å². The van der Waals surface area contributed by atoms with E-state index in [9.17, 15) is 14.7 Å². The van der Waals surface area contributed by atoms with Crippen molar-refractivity contribution in [2.45, 2.75) is 20.3 Å². The van der Waals surface area contributed by atoms with Crippen LogP contribution in [0.4, 0.5) is 0 Å². The average Bonchev–Trinajstić information content (AvgIpc) is 3.05. The van der Waals surface area contributed by atoms with Crippen molar-refractivity contribution in [3.8, 4) is 0 Å². The third-order valence-electron chi connectivity index (χ3n) is 6.24. The molecule has 1 aliphatic carbocycles. The van der Waals surface area contributed by atoms with Crippen LogP contribution in [-0.2, 0) is 4.79 Å². The van der Waals surface area contributed by atoms with Gasteiger partial charge in [-0.15, -0.1) is 0 Å². The van der Waals surface area contributed by atoms with E-state index in [1.165, 1.54) is 18.6 Å². The second kappa shape index (κ2) is 5.49. The number of nitrogens with zero attached hydrogens (tertiary/aromatic N) is 4. The highest BCUT2D eigenvalue weighted by Gasteiger charge is 2.60. The van der Waals surface area contributed by atoms with Gasteiger partial charge in [0.2, 0.25) is 5.91 Å². The Labute approximate surface area is 147 Å². The fraction of sp³-hybridized carbons (Fsp3) is 0.667. The number of rotatable bonds is 3. The Morgan fingerprint density at radius 1 is 1.24 bits per heavy atom. The molecule has 7 nitrogen and oxygen atoms in total. The number of carbonyl (C=O) groups excluding carboxylic acids is 2. The Kier molecular flexibility index (Phi) is 3.61. The molecule has 0 bridgehead atoms. The molecule has 1 spiro atoms. The SMILES string of the molecule is CC1(C)C[C@@H]1C(=O)N1CC2(CN(C(=O)c3cnccn3)C[C@H]2CO)C1. The Hall–Kier alpha value is -2.02. The lowest BCUT2D eigenvalue weighted by atomic mass is 9.71. The van der Waals surface area contributed by atoms with E-state index in [1.807, 2.05) is 4.90 Å². The number of likely N-dealkylation sites (tertiary alicyclic amines) is 2. The van der Waals surface area contributed by atoms with Gasteiger partial charge in [-0.1, -0.05) is 13.8 Å². The van der Waals surface area contributed by atoms with E-state index in [2.05, 4.69) is 23.8 Å². The molecule has 1 aromatic rings. The van der Waals surface area contributed by atoms with Crippen LogP contribution in [0.5, 0.6) is 0 Å². The van der Waals surface area contributed by atoms with Crippen LogP contribution in [0.15, 0.2) is 18.6 Å². The number of aliphatic hydroxyl groups excluding tert-OH is 1. The summed E-state index contributed by atoms with van der Waals surface area (Å²) in [7, 11) is 0. The number of hydrogen-bond acceptors (Lipinski definition) is 5. The van der Waals surface area contributed by atoms with Crippen LogP contribution in [0.25, 0.3) is 0 Å². The average molecular weight is 344 g/mol. The second-order valence-corrected chi connectivity index (χ2v) is 8.46. The fourth-order valence-corrected chi connectivity index (χ4v) is 4.35. The molecule has 0 radical (unpaired) electrons. The summed E-state index contributed by atoms with van der Waals surface area (Å²) in [6.45, 7) is 6.61. The zero-order chi connectivity index (χ0) is 17.8. The number of amides is 2. The number of aromatic nitrogens is 2. The van der Waals surface area contributed by atoms with Crippen LogP contribution >= 0.6 is 0 Å². The van der Waals surface area contributed by atoms with Crippen molar-refractivity contribution < 1.29 is 14.7 Å².